The van der Waals surface area contributed by atoms with Crippen molar-refractivity contribution in [2.45, 2.75) is 47.6 Å². The van der Waals surface area contributed by atoms with Crippen LogP contribution in [0.1, 0.15) is 56.3 Å². The quantitative estimate of drug-likeness (QED) is 0.213. The highest BCUT2D eigenvalue weighted by Gasteiger charge is 2.34. The van der Waals surface area contributed by atoms with Crippen LogP contribution >= 0.6 is 27.3 Å². The van der Waals surface area contributed by atoms with Gasteiger partial charge < -0.3 is 18.8 Å². The van der Waals surface area contributed by atoms with Crippen molar-refractivity contribution in [2.24, 2.45) is 4.99 Å². The molecule has 1 atom stereocenters. The number of allylic oxidation sites excluding steroid dienone is 1. The van der Waals surface area contributed by atoms with Crippen molar-refractivity contribution in [3.05, 3.63) is 106 Å². The number of esters is 1. The normalized spacial score (nSPS) is 14.9. The lowest BCUT2D eigenvalue weighted by molar-refractivity contribution is -0.139. The van der Waals surface area contributed by atoms with E-state index in [9.17, 15) is 9.59 Å². The number of carbonyl (C=O) groups is 1. The second-order valence-corrected chi connectivity index (χ2v) is 11.9. The maximum absolute atomic E-state index is 14.2. The molecule has 0 fully saturated rings. The number of hydrogen-bond donors (Lipinski definition) is 0. The van der Waals surface area contributed by atoms with E-state index in [2.05, 4.69) is 38.7 Å². The van der Waals surface area contributed by atoms with E-state index >= 15 is 0 Å². The van der Waals surface area contributed by atoms with E-state index in [0.29, 0.717) is 50.9 Å². The third-order valence-electron chi connectivity index (χ3n) is 7.24. The fourth-order valence-electron chi connectivity index (χ4n) is 5.41. The Morgan fingerprint density at radius 3 is 2.35 bits per heavy atom. The third-order valence-corrected chi connectivity index (χ3v) is 8.75. The molecule has 5 rings (SSSR count). The summed E-state index contributed by atoms with van der Waals surface area (Å²) in [5.74, 6) is 0.634. The van der Waals surface area contributed by atoms with Crippen LogP contribution in [0.4, 0.5) is 0 Å². The van der Waals surface area contributed by atoms with Gasteiger partial charge in [-0.05, 0) is 101 Å². The molecule has 2 aromatic carbocycles. The summed E-state index contributed by atoms with van der Waals surface area (Å²) in [7, 11) is 0. The molecule has 1 aliphatic heterocycles. The number of carbonyl (C=O) groups excluding carboxylic acids is 1. The number of hydrogen-bond acceptors (Lipinski definition) is 7. The Hall–Kier alpha value is -3.89. The van der Waals surface area contributed by atoms with Crippen LogP contribution in [0.15, 0.2) is 74.1 Å². The zero-order chi connectivity index (χ0) is 30.8. The summed E-state index contributed by atoms with van der Waals surface area (Å²) in [6, 6.07) is 14.9. The first-order chi connectivity index (χ1) is 20.7. The molecule has 1 aliphatic rings. The summed E-state index contributed by atoms with van der Waals surface area (Å²) in [4.78, 5) is 32.7. The predicted molar refractivity (Wildman–Crippen MR) is 172 cm³/mol. The molecule has 0 saturated heterocycles. The Morgan fingerprint density at radius 1 is 0.977 bits per heavy atom. The second-order valence-electron chi connectivity index (χ2n) is 10.0. The van der Waals surface area contributed by atoms with Gasteiger partial charge in [0.05, 0.1) is 41.7 Å². The average Bonchev–Trinajstić information content (AvgIpc) is 3.43. The van der Waals surface area contributed by atoms with Crippen molar-refractivity contribution in [2.75, 3.05) is 19.8 Å². The van der Waals surface area contributed by atoms with Crippen LogP contribution in [0.25, 0.3) is 11.8 Å². The van der Waals surface area contributed by atoms with Gasteiger partial charge >= 0.3 is 5.97 Å². The second kappa shape index (κ2) is 12.8. The van der Waals surface area contributed by atoms with Crippen LogP contribution in [0, 0.1) is 13.8 Å². The van der Waals surface area contributed by atoms with E-state index in [1.165, 1.54) is 11.3 Å². The van der Waals surface area contributed by atoms with Crippen LogP contribution in [0.3, 0.4) is 0 Å². The van der Waals surface area contributed by atoms with Crippen molar-refractivity contribution in [1.29, 1.82) is 0 Å². The molecule has 0 saturated carbocycles. The van der Waals surface area contributed by atoms with Crippen molar-refractivity contribution in [3.63, 3.8) is 0 Å². The number of halogens is 1. The van der Waals surface area contributed by atoms with Crippen LogP contribution in [-0.2, 0) is 9.53 Å². The fourth-order valence-corrected chi connectivity index (χ4v) is 6.71. The molecular formula is C33H34BrN3O5S. The Labute approximate surface area is 262 Å². The van der Waals surface area contributed by atoms with Crippen LogP contribution in [0.2, 0.25) is 0 Å². The van der Waals surface area contributed by atoms with E-state index in [0.717, 1.165) is 27.1 Å². The van der Waals surface area contributed by atoms with Crippen LogP contribution in [0.5, 0.6) is 11.5 Å². The molecule has 0 unspecified atom stereocenters. The van der Waals surface area contributed by atoms with Gasteiger partial charge in [-0.3, -0.25) is 9.36 Å². The van der Waals surface area contributed by atoms with Gasteiger partial charge in [-0.2, -0.15) is 0 Å². The first kappa shape index (κ1) is 30.6. The molecule has 10 heteroatoms. The number of fused-ring (bicyclic) bond motifs is 1. The first-order valence-corrected chi connectivity index (χ1v) is 15.8. The minimum Gasteiger partial charge on any atom is -0.490 e. The topological polar surface area (TPSA) is 84.1 Å². The molecule has 8 nitrogen and oxygen atoms in total. The molecule has 3 heterocycles. The summed E-state index contributed by atoms with van der Waals surface area (Å²) in [5, 5.41) is 0. The summed E-state index contributed by atoms with van der Waals surface area (Å²) in [5.41, 5.74) is 5.33. The number of benzene rings is 2. The molecule has 43 heavy (non-hydrogen) atoms. The van der Waals surface area contributed by atoms with Crippen molar-refractivity contribution >= 4 is 39.3 Å². The minimum atomic E-state index is -0.748. The summed E-state index contributed by atoms with van der Waals surface area (Å²) < 4.78 is 22.4. The van der Waals surface area contributed by atoms with E-state index in [1.807, 2.05) is 64.1 Å². The third kappa shape index (κ3) is 5.86. The largest absolute Gasteiger partial charge is 0.490 e. The SMILES string of the molecule is CCOC(=O)C1=C(C)N=c2s/c(=C\c3cc(C)n(-c4ccc(Br)cc4)c3C)c(=O)n2[C@@H]1c1ccc(OCC)c(OCC)c1. The van der Waals surface area contributed by atoms with Gasteiger partial charge in [0.1, 0.15) is 0 Å². The molecule has 0 aliphatic carbocycles. The summed E-state index contributed by atoms with van der Waals surface area (Å²) in [6.07, 6.45) is 1.91. The first-order valence-electron chi connectivity index (χ1n) is 14.2. The Bertz CT molecular complexity index is 1900. The fraction of sp³-hybridized carbons (Fsp3) is 0.303. The van der Waals surface area contributed by atoms with Crippen molar-refractivity contribution < 1.29 is 19.0 Å². The number of aromatic nitrogens is 2. The number of ether oxygens (including phenoxy) is 3. The molecule has 0 radical (unpaired) electrons. The summed E-state index contributed by atoms with van der Waals surface area (Å²) >= 11 is 4.81. The zero-order valence-corrected chi connectivity index (χ0v) is 27.5. The lowest BCUT2D eigenvalue weighted by atomic mass is 9.95. The van der Waals surface area contributed by atoms with E-state index in [4.69, 9.17) is 19.2 Å². The average molecular weight is 665 g/mol. The van der Waals surface area contributed by atoms with E-state index in [-0.39, 0.29) is 12.2 Å². The number of rotatable bonds is 9. The molecule has 0 N–H and O–H groups in total. The van der Waals surface area contributed by atoms with Crippen LogP contribution in [-0.4, -0.2) is 34.9 Å². The number of thiazole rings is 1. The molecule has 4 aromatic rings. The van der Waals surface area contributed by atoms with Gasteiger partial charge in [-0.25, -0.2) is 9.79 Å². The predicted octanol–water partition coefficient (Wildman–Crippen LogP) is 5.77. The highest BCUT2D eigenvalue weighted by atomic mass is 79.9. The van der Waals surface area contributed by atoms with Gasteiger partial charge in [-0.1, -0.05) is 33.3 Å². The molecule has 2 aromatic heterocycles. The molecule has 0 bridgehead atoms. The lowest BCUT2D eigenvalue weighted by Gasteiger charge is -2.25. The van der Waals surface area contributed by atoms with Crippen molar-refractivity contribution in [3.8, 4) is 17.2 Å². The standard InChI is InChI=1S/C33H34BrN3O5S/c1-7-40-26-15-10-22(17-27(26)41-8-2)30-29(32(39)42-9-3)20(5)35-33-37(30)31(38)28(43-33)18-23-16-19(4)36(21(23)6)25-13-11-24(34)12-14-25/h10-18,30H,7-9H2,1-6H3/b28-18-/t30-/m1/s1. The van der Waals surface area contributed by atoms with Crippen LogP contribution < -0.4 is 24.4 Å². The highest BCUT2D eigenvalue weighted by Crippen LogP contribution is 2.36. The van der Waals surface area contributed by atoms with Crippen molar-refractivity contribution in [1.82, 2.24) is 9.13 Å². The molecular weight excluding hydrogens is 630 g/mol. The lowest BCUT2D eigenvalue weighted by Crippen LogP contribution is -2.40. The van der Waals surface area contributed by atoms with E-state index < -0.39 is 12.0 Å². The number of aryl methyl sites for hydroxylation is 1. The number of nitrogens with zero attached hydrogens (tertiary/aromatic N) is 3. The Kier molecular flexibility index (Phi) is 9.08. The smallest absolute Gasteiger partial charge is 0.338 e. The minimum absolute atomic E-state index is 0.203. The Morgan fingerprint density at radius 2 is 1.67 bits per heavy atom. The van der Waals surface area contributed by atoms with Gasteiger partial charge in [0.25, 0.3) is 5.56 Å². The van der Waals surface area contributed by atoms with E-state index in [1.54, 1.807) is 18.4 Å². The van der Waals surface area contributed by atoms with Gasteiger partial charge in [-0.15, -0.1) is 0 Å². The molecule has 0 amide bonds. The highest BCUT2D eigenvalue weighted by molar-refractivity contribution is 9.10. The maximum Gasteiger partial charge on any atom is 0.338 e. The molecule has 0 spiro atoms. The monoisotopic (exact) mass is 663 g/mol. The maximum atomic E-state index is 14.2. The van der Waals surface area contributed by atoms with Gasteiger partial charge in [0.15, 0.2) is 16.3 Å². The van der Waals surface area contributed by atoms with Gasteiger partial charge in [0, 0.05) is 21.5 Å². The molecule has 224 valence electrons. The van der Waals surface area contributed by atoms with Gasteiger partial charge in [0.2, 0.25) is 0 Å². The zero-order valence-electron chi connectivity index (χ0n) is 25.1. The Balaban J connectivity index is 1.69. The summed E-state index contributed by atoms with van der Waals surface area (Å²) in [6.45, 7) is 12.5.